The van der Waals surface area contributed by atoms with Crippen LogP contribution in [0.4, 0.5) is 0 Å². The van der Waals surface area contributed by atoms with Crippen molar-refractivity contribution in [2.45, 2.75) is 32.7 Å². The number of halogens is 3. The number of hydrogen-bond acceptors (Lipinski definition) is 3. The molecule has 0 unspecified atom stereocenters. The predicted octanol–water partition coefficient (Wildman–Crippen LogP) is 4.07. The van der Waals surface area contributed by atoms with Gasteiger partial charge in [0.2, 0.25) is 0 Å². The smallest absolute Gasteiger partial charge is 0.142 e. The van der Waals surface area contributed by atoms with Gasteiger partial charge < -0.3 is 15.2 Å². The largest absolute Gasteiger partial charge is 0.492 e. The van der Waals surface area contributed by atoms with Crippen molar-refractivity contribution in [2.24, 2.45) is 0 Å². The molecule has 1 rings (SSSR count). The second-order valence-corrected chi connectivity index (χ2v) is 5.11. The van der Waals surface area contributed by atoms with Gasteiger partial charge in [0.25, 0.3) is 0 Å². The number of benzene rings is 1. The van der Waals surface area contributed by atoms with E-state index < -0.39 is 0 Å². The van der Waals surface area contributed by atoms with Gasteiger partial charge in [-0.3, -0.25) is 0 Å². The van der Waals surface area contributed by atoms with Crippen molar-refractivity contribution in [2.75, 3.05) is 19.8 Å². The van der Waals surface area contributed by atoms with E-state index in [9.17, 15) is 0 Å². The maximum atomic E-state index is 8.69. The Morgan fingerprint density at radius 2 is 1.95 bits per heavy atom. The molecule has 2 N–H and O–H groups in total. The molecular formula is C14H22Cl3NO2. The predicted molar refractivity (Wildman–Crippen MR) is 87.5 cm³/mol. The zero-order valence-corrected chi connectivity index (χ0v) is 14.0. The van der Waals surface area contributed by atoms with Gasteiger partial charge in [0.1, 0.15) is 5.75 Å². The average Bonchev–Trinajstić information content (AvgIpc) is 2.37. The van der Waals surface area contributed by atoms with E-state index in [-0.39, 0.29) is 19.0 Å². The van der Waals surface area contributed by atoms with E-state index in [1.807, 2.05) is 13.0 Å². The highest BCUT2D eigenvalue weighted by atomic mass is 35.5. The van der Waals surface area contributed by atoms with Crippen LogP contribution in [0.2, 0.25) is 10.0 Å². The standard InChI is InChI=1S/C14H21Cl2NO2.ClH/c1-2-19-14-11(8-12(15)9-13(14)16)10-17-6-4-3-5-7-18;/h8-9,17-18H,2-7,10H2,1H3;1H. The van der Waals surface area contributed by atoms with Gasteiger partial charge in [0.05, 0.1) is 11.6 Å². The first-order valence-corrected chi connectivity index (χ1v) is 7.37. The van der Waals surface area contributed by atoms with Crippen molar-refractivity contribution >= 4 is 35.6 Å². The summed E-state index contributed by atoms with van der Waals surface area (Å²) in [6.45, 7) is 4.34. The molecule has 6 heteroatoms. The Labute approximate surface area is 137 Å². The zero-order chi connectivity index (χ0) is 14.1. The lowest BCUT2D eigenvalue weighted by molar-refractivity contribution is 0.283. The number of aliphatic hydroxyl groups excluding tert-OH is 1. The van der Waals surface area contributed by atoms with Gasteiger partial charge in [0, 0.05) is 23.7 Å². The molecule has 1 aromatic rings. The monoisotopic (exact) mass is 341 g/mol. The fourth-order valence-electron chi connectivity index (χ4n) is 1.81. The van der Waals surface area contributed by atoms with Crippen LogP contribution in [0.1, 0.15) is 31.7 Å². The molecule has 0 aliphatic rings. The number of ether oxygens (including phenoxy) is 1. The van der Waals surface area contributed by atoms with Crippen LogP contribution in [-0.2, 0) is 6.54 Å². The summed E-state index contributed by atoms with van der Waals surface area (Å²) in [6, 6.07) is 3.57. The second-order valence-electron chi connectivity index (χ2n) is 4.27. The summed E-state index contributed by atoms with van der Waals surface area (Å²) in [5, 5.41) is 13.2. The van der Waals surface area contributed by atoms with Crippen molar-refractivity contribution in [1.82, 2.24) is 5.32 Å². The van der Waals surface area contributed by atoms with E-state index in [4.69, 9.17) is 33.0 Å². The maximum Gasteiger partial charge on any atom is 0.142 e. The zero-order valence-electron chi connectivity index (χ0n) is 11.6. The van der Waals surface area contributed by atoms with Gasteiger partial charge in [0.15, 0.2) is 0 Å². The van der Waals surface area contributed by atoms with Crippen LogP contribution < -0.4 is 10.1 Å². The topological polar surface area (TPSA) is 41.5 Å². The highest BCUT2D eigenvalue weighted by molar-refractivity contribution is 6.35. The van der Waals surface area contributed by atoms with Crippen molar-refractivity contribution in [1.29, 1.82) is 0 Å². The Hall–Kier alpha value is -0.190. The van der Waals surface area contributed by atoms with Crippen molar-refractivity contribution < 1.29 is 9.84 Å². The molecule has 0 aliphatic heterocycles. The molecule has 0 fully saturated rings. The number of rotatable bonds is 9. The molecule has 1 aromatic carbocycles. The van der Waals surface area contributed by atoms with Gasteiger partial charge in [-0.15, -0.1) is 12.4 Å². The molecule has 0 aliphatic carbocycles. The molecule has 0 saturated heterocycles. The van der Waals surface area contributed by atoms with E-state index in [1.54, 1.807) is 6.07 Å². The first kappa shape index (κ1) is 19.8. The Balaban J connectivity index is 0.00000361. The lowest BCUT2D eigenvalue weighted by Gasteiger charge is -2.13. The molecule has 3 nitrogen and oxygen atoms in total. The average molecular weight is 343 g/mol. The molecule has 0 bridgehead atoms. The maximum absolute atomic E-state index is 8.69. The molecule has 116 valence electrons. The van der Waals surface area contributed by atoms with E-state index >= 15 is 0 Å². The minimum Gasteiger partial charge on any atom is -0.492 e. The SMILES string of the molecule is CCOc1c(Cl)cc(Cl)cc1CNCCCCCO.Cl. The van der Waals surface area contributed by atoms with Gasteiger partial charge in [-0.25, -0.2) is 0 Å². The lowest BCUT2D eigenvalue weighted by Crippen LogP contribution is -2.15. The minimum atomic E-state index is 0. The van der Waals surface area contributed by atoms with Gasteiger partial charge in [-0.2, -0.15) is 0 Å². The number of hydrogen-bond donors (Lipinski definition) is 2. The third-order valence-electron chi connectivity index (χ3n) is 2.70. The molecule has 0 saturated carbocycles. The Kier molecular flexibility index (Phi) is 11.4. The summed E-state index contributed by atoms with van der Waals surface area (Å²) in [6.07, 6.45) is 2.92. The fraction of sp³-hybridized carbons (Fsp3) is 0.571. The van der Waals surface area contributed by atoms with Crippen molar-refractivity contribution in [3.8, 4) is 5.75 Å². The molecule has 0 radical (unpaired) electrons. The van der Waals surface area contributed by atoms with E-state index in [0.717, 1.165) is 31.4 Å². The van der Waals surface area contributed by atoms with Crippen LogP contribution in [0.5, 0.6) is 5.75 Å². The fourth-order valence-corrected chi connectivity index (χ4v) is 2.40. The summed E-state index contributed by atoms with van der Waals surface area (Å²) in [4.78, 5) is 0. The summed E-state index contributed by atoms with van der Waals surface area (Å²) in [7, 11) is 0. The summed E-state index contributed by atoms with van der Waals surface area (Å²) in [5.74, 6) is 0.705. The summed E-state index contributed by atoms with van der Waals surface area (Å²) >= 11 is 12.1. The normalized spacial score (nSPS) is 10.2. The summed E-state index contributed by atoms with van der Waals surface area (Å²) in [5.41, 5.74) is 0.974. The first-order valence-electron chi connectivity index (χ1n) is 6.61. The Morgan fingerprint density at radius 3 is 2.60 bits per heavy atom. The quantitative estimate of drug-likeness (QED) is 0.665. The Bertz CT molecular complexity index is 389. The molecule has 0 aromatic heterocycles. The van der Waals surface area contributed by atoms with Gasteiger partial charge in [-0.05, 0) is 44.9 Å². The highest BCUT2D eigenvalue weighted by Crippen LogP contribution is 2.32. The van der Waals surface area contributed by atoms with E-state index in [0.29, 0.717) is 28.9 Å². The van der Waals surface area contributed by atoms with E-state index in [2.05, 4.69) is 5.32 Å². The highest BCUT2D eigenvalue weighted by Gasteiger charge is 2.10. The van der Waals surface area contributed by atoms with Crippen LogP contribution in [0.15, 0.2) is 12.1 Å². The second kappa shape index (κ2) is 11.5. The van der Waals surface area contributed by atoms with Crippen LogP contribution in [0.25, 0.3) is 0 Å². The lowest BCUT2D eigenvalue weighted by atomic mass is 10.2. The molecule has 0 amide bonds. The van der Waals surface area contributed by atoms with Crippen LogP contribution in [0, 0.1) is 0 Å². The van der Waals surface area contributed by atoms with Crippen molar-refractivity contribution in [3.05, 3.63) is 27.7 Å². The number of unbranched alkanes of at least 4 members (excludes halogenated alkanes) is 2. The molecule has 0 heterocycles. The van der Waals surface area contributed by atoms with Crippen molar-refractivity contribution in [3.63, 3.8) is 0 Å². The first-order chi connectivity index (χ1) is 9.19. The molecule has 0 spiro atoms. The van der Waals surface area contributed by atoms with Gasteiger partial charge >= 0.3 is 0 Å². The molecule has 20 heavy (non-hydrogen) atoms. The van der Waals surface area contributed by atoms with Crippen LogP contribution in [-0.4, -0.2) is 24.9 Å². The number of nitrogens with one attached hydrogen (secondary N) is 1. The summed E-state index contributed by atoms with van der Waals surface area (Å²) < 4.78 is 5.55. The number of aliphatic hydroxyl groups is 1. The van der Waals surface area contributed by atoms with E-state index in [1.165, 1.54) is 0 Å². The van der Waals surface area contributed by atoms with Gasteiger partial charge in [-0.1, -0.05) is 23.2 Å². The third kappa shape index (κ3) is 7.00. The molecular weight excluding hydrogens is 321 g/mol. The molecule has 0 atom stereocenters. The Morgan fingerprint density at radius 1 is 1.20 bits per heavy atom. The minimum absolute atomic E-state index is 0. The van der Waals surface area contributed by atoms with Crippen LogP contribution in [0.3, 0.4) is 0 Å². The van der Waals surface area contributed by atoms with Crippen LogP contribution >= 0.6 is 35.6 Å². The third-order valence-corrected chi connectivity index (χ3v) is 3.20.